The van der Waals surface area contributed by atoms with E-state index in [1.54, 1.807) is 0 Å². The fourth-order valence-corrected chi connectivity index (χ4v) is 5.96. The minimum absolute atomic E-state index is 0.797. The van der Waals surface area contributed by atoms with Crippen molar-refractivity contribution in [3.05, 3.63) is 158 Å². The van der Waals surface area contributed by atoms with Gasteiger partial charge in [-0.05, 0) is 53.1 Å². The maximum atomic E-state index is 6.55. The summed E-state index contributed by atoms with van der Waals surface area (Å²) in [6.07, 6.45) is 1.96. The van der Waals surface area contributed by atoms with Crippen LogP contribution in [-0.4, -0.2) is 4.98 Å². The number of fused-ring (bicyclic) bond motifs is 5. The minimum atomic E-state index is 0.797. The van der Waals surface area contributed by atoms with Gasteiger partial charge in [-0.2, -0.15) is 0 Å². The van der Waals surface area contributed by atoms with Gasteiger partial charge in [-0.3, -0.25) is 4.98 Å². The average molecular weight is 539 g/mol. The third-order valence-corrected chi connectivity index (χ3v) is 7.89. The van der Waals surface area contributed by atoms with Gasteiger partial charge in [-0.1, -0.05) is 115 Å². The monoisotopic (exact) mass is 538 g/mol. The number of para-hydroxylation sites is 2. The van der Waals surface area contributed by atoms with Crippen LogP contribution >= 0.6 is 0 Å². The summed E-state index contributed by atoms with van der Waals surface area (Å²) in [6.45, 7) is 0. The van der Waals surface area contributed by atoms with Crippen LogP contribution in [-0.2, 0) is 0 Å². The topological polar surface area (TPSA) is 29.3 Å². The van der Waals surface area contributed by atoms with E-state index in [0.29, 0.717) is 0 Å². The molecular weight excluding hydrogens is 512 g/mol. The quantitative estimate of drug-likeness (QED) is 0.218. The third kappa shape index (κ3) is 4.03. The van der Waals surface area contributed by atoms with Crippen LogP contribution in [0.25, 0.3) is 55.1 Å². The molecule has 6 aromatic carbocycles. The molecule has 2 heterocycles. The van der Waals surface area contributed by atoms with E-state index in [0.717, 1.165) is 66.6 Å². The van der Waals surface area contributed by atoms with E-state index < -0.39 is 0 Å². The first-order chi connectivity index (χ1) is 20.8. The molecule has 0 unspecified atom stereocenters. The van der Waals surface area contributed by atoms with Crippen molar-refractivity contribution in [3.8, 4) is 22.3 Å². The van der Waals surface area contributed by atoms with Crippen molar-refractivity contribution in [1.29, 1.82) is 0 Å². The molecule has 0 bridgehead atoms. The van der Waals surface area contributed by atoms with Gasteiger partial charge in [-0.15, -0.1) is 0 Å². The minimum Gasteiger partial charge on any atom is -0.454 e. The summed E-state index contributed by atoms with van der Waals surface area (Å²) < 4.78 is 6.55. The second-order valence-corrected chi connectivity index (χ2v) is 10.4. The van der Waals surface area contributed by atoms with Gasteiger partial charge >= 0.3 is 0 Å². The summed E-state index contributed by atoms with van der Waals surface area (Å²) >= 11 is 0. The van der Waals surface area contributed by atoms with Crippen molar-refractivity contribution in [2.24, 2.45) is 0 Å². The van der Waals surface area contributed by atoms with Crippen molar-refractivity contribution in [1.82, 2.24) is 4.98 Å². The Bertz CT molecular complexity index is 2200. The van der Waals surface area contributed by atoms with Gasteiger partial charge in [-0.25, -0.2) is 0 Å². The lowest BCUT2D eigenvalue weighted by Crippen LogP contribution is -2.12. The van der Waals surface area contributed by atoms with Gasteiger partial charge in [0.25, 0.3) is 0 Å². The van der Waals surface area contributed by atoms with Crippen molar-refractivity contribution in [3.63, 3.8) is 0 Å². The zero-order valence-corrected chi connectivity index (χ0v) is 22.8. The van der Waals surface area contributed by atoms with Crippen LogP contribution in [0.2, 0.25) is 0 Å². The fraction of sp³-hybridized carbons (Fsp3) is 0. The van der Waals surface area contributed by atoms with Gasteiger partial charge in [0.15, 0.2) is 5.58 Å². The number of hydrogen-bond acceptors (Lipinski definition) is 3. The zero-order valence-electron chi connectivity index (χ0n) is 22.8. The highest BCUT2D eigenvalue weighted by molar-refractivity contribution is 6.17. The highest BCUT2D eigenvalue weighted by atomic mass is 16.3. The van der Waals surface area contributed by atoms with E-state index in [9.17, 15) is 0 Å². The predicted octanol–water partition coefficient (Wildman–Crippen LogP) is 10.9. The van der Waals surface area contributed by atoms with Crippen LogP contribution in [0.3, 0.4) is 0 Å². The van der Waals surface area contributed by atoms with E-state index in [2.05, 4.69) is 138 Å². The van der Waals surface area contributed by atoms with Crippen LogP contribution in [0, 0.1) is 0 Å². The van der Waals surface area contributed by atoms with Crippen LogP contribution in [0.4, 0.5) is 17.1 Å². The first kappa shape index (κ1) is 24.2. The fourth-order valence-electron chi connectivity index (χ4n) is 5.96. The number of benzene rings is 6. The van der Waals surface area contributed by atoms with Gasteiger partial charge in [0, 0.05) is 28.2 Å². The van der Waals surface area contributed by atoms with Crippen molar-refractivity contribution in [2.45, 2.75) is 0 Å². The number of rotatable bonds is 5. The van der Waals surface area contributed by atoms with Crippen molar-refractivity contribution in [2.75, 3.05) is 4.90 Å². The smallest absolute Gasteiger partial charge is 0.163 e. The SMILES string of the molecule is c1ccc(-c2cccc(N(c3ccccc3-c3ccccc3)c3cccc4cnc5c6ccccc6oc5c34)c2)cc1. The molecule has 3 nitrogen and oxygen atoms in total. The molecule has 0 saturated heterocycles. The van der Waals surface area contributed by atoms with E-state index in [1.165, 1.54) is 5.56 Å². The summed E-state index contributed by atoms with van der Waals surface area (Å²) in [5, 5.41) is 3.08. The Balaban J connectivity index is 1.46. The Labute approximate surface area is 243 Å². The molecule has 0 atom stereocenters. The number of nitrogens with zero attached hydrogens (tertiary/aromatic N) is 2. The highest BCUT2D eigenvalue weighted by Crippen LogP contribution is 2.46. The first-order valence-electron chi connectivity index (χ1n) is 14.1. The van der Waals surface area contributed by atoms with Crippen LogP contribution in [0.1, 0.15) is 0 Å². The zero-order chi connectivity index (χ0) is 27.9. The molecule has 0 aliphatic carbocycles. The second kappa shape index (κ2) is 10.1. The van der Waals surface area contributed by atoms with Crippen molar-refractivity contribution >= 4 is 49.9 Å². The maximum absolute atomic E-state index is 6.55. The first-order valence-corrected chi connectivity index (χ1v) is 14.1. The molecule has 198 valence electrons. The van der Waals surface area contributed by atoms with Gasteiger partial charge in [0.05, 0.1) is 16.8 Å². The van der Waals surface area contributed by atoms with Gasteiger partial charge < -0.3 is 9.32 Å². The summed E-state index contributed by atoms with van der Waals surface area (Å²) in [4.78, 5) is 7.21. The van der Waals surface area contributed by atoms with Crippen LogP contribution in [0.5, 0.6) is 0 Å². The number of anilines is 3. The lowest BCUT2D eigenvalue weighted by atomic mass is 9.99. The molecule has 0 amide bonds. The average Bonchev–Trinajstić information content (AvgIpc) is 3.45. The summed E-state index contributed by atoms with van der Waals surface area (Å²) in [7, 11) is 0. The Kier molecular flexibility index (Phi) is 5.79. The molecule has 0 aliphatic heterocycles. The molecule has 0 aliphatic rings. The molecule has 0 saturated carbocycles. The standard InChI is InChI=1S/C39H26N2O/c1-3-13-27(14-4-1)29-17-11-19-31(25-29)41(34-22-9-7-20-32(34)28-15-5-2-6-16-28)35-23-12-18-30-26-40-38-33-21-8-10-24-36(33)42-39(38)37(30)35/h1-26H. The lowest BCUT2D eigenvalue weighted by Gasteiger charge is -2.29. The molecule has 0 N–H and O–H groups in total. The predicted molar refractivity (Wildman–Crippen MR) is 175 cm³/mol. The second-order valence-electron chi connectivity index (χ2n) is 10.4. The Morgan fingerprint density at radius 3 is 2.05 bits per heavy atom. The van der Waals surface area contributed by atoms with Gasteiger partial charge in [0.1, 0.15) is 11.1 Å². The number of furan rings is 1. The Morgan fingerprint density at radius 2 is 1.19 bits per heavy atom. The normalized spacial score (nSPS) is 11.3. The lowest BCUT2D eigenvalue weighted by molar-refractivity contribution is 0.672. The number of hydrogen-bond donors (Lipinski definition) is 0. The molecule has 0 radical (unpaired) electrons. The van der Waals surface area contributed by atoms with Crippen LogP contribution < -0.4 is 4.90 Å². The summed E-state index contributed by atoms with van der Waals surface area (Å²) in [6, 6.07) is 53.0. The molecular formula is C39H26N2O. The third-order valence-electron chi connectivity index (χ3n) is 7.89. The number of aromatic nitrogens is 1. The largest absolute Gasteiger partial charge is 0.454 e. The Morgan fingerprint density at radius 1 is 0.524 bits per heavy atom. The molecule has 0 fully saturated rings. The molecule has 3 heteroatoms. The highest BCUT2D eigenvalue weighted by Gasteiger charge is 2.22. The van der Waals surface area contributed by atoms with E-state index in [-0.39, 0.29) is 0 Å². The van der Waals surface area contributed by atoms with E-state index in [1.807, 2.05) is 24.4 Å². The maximum Gasteiger partial charge on any atom is 0.163 e. The molecule has 0 spiro atoms. The van der Waals surface area contributed by atoms with Crippen molar-refractivity contribution < 1.29 is 4.42 Å². The molecule has 8 rings (SSSR count). The molecule has 42 heavy (non-hydrogen) atoms. The Hall–Kier alpha value is -5.67. The van der Waals surface area contributed by atoms with E-state index in [4.69, 9.17) is 9.40 Å². The summed E-state index contributed by atoms with van der Waals surface area (Å²) in [5.74, 6) is 0. The summed E-state index contributed by atoms with van der Waals surface area (Å²) in [5.41, 5.74) is 10.3. The molecule has 8 aromatic rings. The number of pyridine rings is 1. The van der Waals surface area contributed by atoms with Crippen LogP contribution in [0.15, 0.2) is 162 Å². The van der Waals surface area contributed by atoms with Gasteiger partial charge in [0.2, 0.25) is 0 Å². The molecule has 2 aromatic heterocycles. The van der Waals surface area contributed by atoms with E-state index >= 15 is 0 Å².